The van der Waals surface area contributed by atoms with Gasteiger partial charge in [-0.05, 0) is 53.4 Å². The van der Waals surface area contributed by atoms with E-state index in [0.29, 0.717) is 17.6 Å². The summed E-state index contributed by atoms with van der Waals surface area (Å²) in [6.07, 6.45) is 1.65. The van der Waals surface area contributed by atoms with Crippen molar-refractivity contribution in [3.8, 4) is 0 Å². The topological polar surface area (TPSA) is 46.6 Å². The zero-order valence-corrected chi connectivity index (χ0v) is 15.3. The number of halogens is 2. The highest BCUT2D eigenvalue weighted by Crippen LogP contribution is 2.32. The maximum atomic E-state index is 12.9. The van der Waals surface area contributed by atoms with Gasteiger partial charge < -0.3 is 4.74 Å². The summed E-state index contributed by atoms with van der Waals surface area (Å²) in [5.74, 6) is 0.283. The van der Waals surface area contributed by atoms with Gasteiger partial charge in [0.2, 0.25) is 10.0 Å². The first kappa shape index (κ1) is 17.2. The highest BCUT2D eigenvalue weighted by molar-refractivity contribution is 9.10. The van der Waals surface area contributed by atoms with Crippen LogP contribution in [0.25, 0.3) is 0 Å². The molecule has 1 saturated heterocycles. The molecule has 1 aromatic carbocycles. The van der Waals surface area contributed by atoms with E-state index in [9.17, 15) is 8.42 Å². The van der Waals surface area contributed by atoms with E-state index < -0.39 is 15.6 Å². The Bertz CT molecular complexity index is 623. The third-order valence-electron chi connectivity index (χ3n) is 3.88. The second kappa shape index (κ2) is 6.54. The van der Waals surface area contributed by atoms with Crippen LogP contribution in [0, 0.1) is 0 Å². The molecule has 1 aliphatic rings. The van der Waals surface area contributed by atoms with Crippen molar-refractivity contribution in [3.63, 3.8) is 0 Å². The number of alkyl halides is 1. The molecule has 118 valence electrons. The molecular weight excluding hydrogens is 378 g/mol. The van der Waals surface area contributed by atoms with Gasteiger partial charge in [-0.25, -0.2) is 8.42 Å². The van der Waals surface area contributed by atoms with Gasteiger partial charge >= 0.3 is 0 Å². The Hall–Kier alpha value is -0.140. The molecule has 0 saturated carbocycles. The van der Waals surface area contributed by atoms with E-state index in [1.807, 2.05) is 13.0 Å². The second-order valence-electron chi connectivity index (χ2n) is 5.49. The molecule has 2 rings (SSSR count). The lowest BCUT2D eigenvalue weighted by atomic mass is 9.96. The normalized spacial score (nSPS) is 24.2. The Kier molecular flexibility index (Phi) is 5.36. The van der Waals surface area contributed by atoms with Crippen LogP contribution in [-0.2, 0) is 20.6 Å². The highest BCUT2D eigenvalue weighted by atomic mass is 79.9. The summed E-state index contributed by atoms with van der Waals surface area (Å²) in [5.41, 5.74) is 0.354. The fourth-order valence-electron chi connectivity index (χ4n) is 2.50. The van der Waals surface area contributed by atoms with Crippen LogP contribution in [0.3, 0.4) is 0 Å². The van der Waals surface area contributed by atoms with Gasteiger partial charge in [0.25, 0.3) is 0 Å². The molecule has 21 heavy (non-hydrogen) atoms. The molecule has 7 heteroatoms. The lowest BCUT2D eigenvalue weighted by Crippen LogP contribution is -2.49. The predicted molar refractivity (Wildman–Crippen MR) is 87.1 cm³/mol. The average Bonchev–Trinajstić information content (AvgIpc) is 2.47. The molecule has 0 aromatic heterocycles. The molecule has 1 unspecified atom stereocenters. The molecule has 0 N–H and O–H groups in total. The minimum absolute atomic E-state index is 0.265. The summed E-state index contributed by atoms with van der Waals surface area (Å²) in [6.45, 7) is 2.82. The van der Waals surface area contributed by atoms with Gasteiger partial charge in [-0.3, -0.25) is 0 Å². The number of rotatable bonds is 4. The molecule has 1 aliphatic heterocycles. The van der Waals surface area contributed by atoms with Gasteiger partial charge in [-0.15, -0.1) is 11.6 Å². The Labute approximate surface area is 139 Å². The monoisotopic (exact) mass is 395 g/mol. The molecule has 0 spiro atoms. The fraction of sp³-hybridized carbons (Fsp3) is 0.571. The highest BCUT2D eigenvalue weighted by Gasteiger charge is 2.37. The molecule has 1 heterocycles. The first-order valence-electron chi connectivity index (χ1n) is 6.72. The third-order valence-corrected chi connectivity index (χ3v) is 7.03. The maximum Gasteiger partial charge on any atom is 0.244 e. The van der Waals surface area contributed by atoms with Crippen molar-refractivity contribution in [2.75, 3.05) is 20.2 Å². The summed E-state index contributed by atoms with van der Waals surface area (Å²) >= 11 is 9.14. The molecule has 4 nitrogen and oxygen atoms in total. The maximum absolute atomic E-state index is 12.9. The summed E-state index contributed by atoms with van der Waals surface area (Å²) in [6, 6.07) is 5.17. The van der Waals surface area contributed by atoms with Crippen molar-refractivity contribution in [1.82, 2.24) is 4.31 Å². The molecule has 0 aliphatic carbocycles. The van der Waals surface area contributed by atoms with Crippen LogP contribution >= 0.6 is 27.5 Å². The summed E-state index contributed by atoms with van der Waals surface area (Å²) < 4.78 is 33.3. The lowest BCUT2D eigenvalue weighted by molar-refractivity contribution is -0.0319. The lowest BCUT2D eigenvalue weighted by Gasteiger charge is -2.38. The number of nitrogens with zero attached hydrogens (tertiary/aromatic N) is 1. The van der Waals surface area contributed by atoms with Gasteiger partial charge in [0.05, 0.1) is 10.5 Å². The quantitative estimate of drug-likeness (QED) is 0.733. The Morgan fingerprint density at radius 2 is 2.19 bits per heavy atom. The van der Waals surface area contributed by atoms with E-state index in [-0.39, 0.29) is 10.8 Å². The Morgan fingerprint density at radius 1 is 1.48 bits per heavy atom. The minimum Gasteiger partial charge on any atom is -0.377 e. The van der Waals surface area contributed by atoms with Crippen molar-refractivity contribution in [2.24, 2.45) is 0 Å². The molecule has 1 fully saturated rings. The van der Waals surface area contributed by atoms with E-state index in [2.05, 4.69) is 15.9 Å². The van der Waals surface area contributed by atoms with Gasteiger partial charge in [-0.1, -0.05) is 6.07 Å². The van der Waals surface area contributed by atoms with Crippen LogP contribution in [0.15, 0.2) is 27.6 Å². The number of methoxy groups -OCH3 is 1. The van der Waals surface area contributed by atoms with Crippen LogP contribution < -0.4 is 0 Å². The van der Waals surface area contributed by atoms with Crippen molar-refractivity contribution in [1.29, 1.82) is 0 Å². The first-order valence-corrected chi connectivity index (χ1v) is 9.49. The van der Waals surface area contributed by atoms with Crippen LogP contribution in [0.4, 0.5) is 0 Å². The van der Waals surface area contributed by atoms with E-state index >= 15 is 0 Å². The number of hydrogen-bond donors (Lipinski definition) is 0. The second-order valence-corrected chi connectivity index (χ2v) is 8.52. The van der Waals surface area contributed by atoms with Crippen molar-refractivity contribution in [3.05, 3.63) is 28.2 Å². The van der Waals surface area contributed by atoms with Gasteiger partial charge in [0.15, 0.2) is 0 Å². The standard InChI is InChI=1S/C14H19BrClNO3S/c1-14(20-2)6-3-7-17(10-14)21(18,19)13-8-11(9-16)4-5-12(13)15/h4-5,8H,3,6-7,9-10H2,1-2H3. The summed E-state index contributed by atoms with van der Waals surface area (Å²) in [4.78, 5) is 0.265. The van der Waals surface area contributed by atoms with Crippen LogP contribution in [0.1, 0.15) is 25.3 Å². The van der Waals surface area contributed by atoms with E-state index in [1.165, 1.54) is 4.31 Å². The van der Waals surface area contributed by atoms with Gasteiger partial charge in [-0.2, -0.15) is 4.31 Å². The Morgan fingerprint density at radius 3 is 2.81 bits per heavy atom. The molecule has 0 radical (unpaired) electrons. The van der Waals surface area contributed by atoms with Gasteiger partial charge in [0, 0.05) is 30.6 Å². The number of sulfonamides is 1. The minimum atomic E-state index is -3.56. The zero-order valence-electron chi connectivity index (χ0n) is 12.1. The van der Waals surface area contributed by atoms with E-state index in [0.717, 1.165) is 18.4 Å². The molecule has 1 atom stereocenters. The molecule has 0 bridgehead atoms. The summed E-state index contributed by atoms with van der Waals surface area (Å²) in [5, 5.41) is 0. The predicted octanol–water partition coefficient (Wildman–Crippen LogP) is 3.38. The Balaban J connectivity index is 2.38. The SMILES string of the molecule is COC1(C)CCCN(S(=O)(=O)c2cc(CCl)ccc2Br)C1. The van der Waals surface area contributed by atoms with Crippen molar-refractivity contribution >= 4 is 37.6 Å². The fourth-order valence-corrected chi connectivity index (χ4v) is 5.23. The zero-order chi connectivity index (χ0) is 15.7. The van der Waals surface area contributed by atoms with E-state index in [4.69, 9.17) is 16.3 Å². The van der Waals surface area contributed by atoms with Crippen molar-refractivity contribution < 1.29 is 13.2 Å². The van der Waals surface area contributed by atoms with E-state index in [1.54, 1.807) is 19.2 Å². The molecular formula is C14H19BrClNO3S. The first-order chi connectivity index (χ1) is 9.82. The number of piperidine rings is 1. The van der Waals surface area contributed by atoms with Crippen LogP contribution in [0.5, 0.6) is 0 Å². The number of benzene rings is 1. The van der Waals surface area contributed by atoms with Crippen LogP contribution in [0.2, 0.25) is 0 Å². The van der Waals surface area contributed by atoms with Gasteiger partial charge in [0.1, 0.15) is 0 Å². The third kappa shape index (κ3) is 3.62. The number of hydrogen-bond acceptors (Lipinski definition) is 3. The molecule has 1 aromatic rings. The smallest absolute Gasteiger partial charge is 0.244 e. The number of ether oxygens (including phenoxy) is 1. The summed E-state index contributed by atoms with van der Waals surface area (Å²) in [7, 11) is -1.93. The van der Waals surface area contributed by atoms with Crippen LogP contribution in [-0.4, -0.2) is 38.5 Å². The largest absolute Gasteiger partial charge is 0.377 e. The van der Waals surface area contributed by atoms with Crippen molar-refractivity contribution in [2.45, 2.75) is 36.1 Å². The molecule has 0 amide bonds. The average molecular weight is 397 g/mol.